The number of aromatic nitrogens is 2. The number of ether oxygens (including phenoxy) is 1. The third-order valence-corrected chi connectivity index (χ3v) is 6.41. The molecule has 158 valence electrons. The number of fused-ring (bicyclic) bond motifs is 3. The van der Waals surface area contributed by atoms with E-state index in [2.05, 4.69) is 34.5 Å². The lowest BCUT2D eigenvalue weighted by Crippen LogP contribution is -2.39. The fourth-order valence-corrected chi connectivity index (χ4v) is 4.83. The molecule has 0 saturated carbocycles. The molecule has 1 aliphatic carbocycles. The minimum absolute atomic E-state index is 0.0398. The Balaban J connectivity index is 1.22. The van der Waals surface area contributed by atoms with E-state index in [0.29, 0.717) is 38.1 Å². The van der Waals surface area contributed by atoms with Crippen LogP contribution in [0.15, 0.2) is 54.7 Å². The molecule has 31 heavy (non-hydrogen) atoms. The summed E-state index contributed by atoms with van der Waals surface area (Å²) in [5.74, 6) is -0.896. The quantitative estimate of drug-likeness (QED) is 0.662. The lowest BCUT2D eigenvalue weighted by atomic mass is 9.90. The molecule has 7 heteroatoms. The van der Waals surface area contributed by atoms with Gasteiger partial charge in [-0.1, -0.05) is 48.5 Å². The van der Waals surface area contributed by atoms with Gasteiger partial charge in [0.15, 0.2) is 0 Å². The molecule has 2 N–H and O–H groups in total. The molecular formula is C24H23N3O4. The number of H-pyrrole nitrogens is 1. The van der Waals surface area contributed by atoms with E-state index in [-0.39, 0.29) is 23.6 Å². The van der Waals surface area contributed by atoms with Crippen LogP contribution in [0.5, 0.6) is 0 Å². The number of hydrogen-bond acceptors (Lipinski definition) is 4. The zero-order valence-electron chi connectivity index (χ0n) is 17.0. The molecule has 1 aromatic heterocycles. The predicted molar refractivity (Wildman–Crippen MR) is 114 cm³/mol. The Hall–Kier alpha value is -3.61. The largest absolute Gasteiger partial charge is 0.477 e. The van der Waals surface area contributed by atoms with Gasteiger partial charge < -0.3 is 14.7 Å². The summed E-state index contributed by atoms with van der Waals surface area (Å²) in [5.41, 5.74) is 5.63. The lowest BCUT2D eigenvalue weighted by Gasteiger charge is -2.31. The Morgan fingerprint density at radius 2 is 1.61 bits per heavy atom. The van der Waals surface area contributed by atoms with Crippen LogP contribution in [-0.4, -0.2) is 52.0 Å². The molecule has 0 spiro atoms. The van der Waals surface area contributed by atoms with E-state index in [0.717, 1.165) is 0 Å². The van der Waals surface area contributed by atoms with Gasteiger partial charge in [-0.2, -0.15) is 5.10 Å². The molecule has 0 radical (unpaired) electrons. The second-order valence-electron chi connectivity index (χ2n) is 8.07. The first-order chi connectivity index (χ1) is 15.1. The molecule has 1 aliphatic heterocycles. The van der Waals surface area contributed by atoms with E-state index < -0.39 is 5.97 Å². The molecule has 7 nitrogen and oxygen atoms in total. The number of amides is 1. The van der Waals surface area contributed by atoms with Crippen LogP contribution in [0.1, 0.15) is 51.9 Å². The van der Waals surface area contributed by atoms with Crippen molar-refractivity contribution >= 4 is 12.1 Å². The maximum Gasteiger partial charge on any atom is 0.409 e. The van der Waals surface area contributed by atoms with E-state index >= 15 is 0 Å². The third-order valence-electron chi connectivity index (χ3n) is 6.41. The summed E-state index contributed by atoms with van der Waals surface area (Å²) in [7, 11) is 0. The first-order valence-corrected chi connectivity index (χ1v) is 10.5. The van der Waals surface area contributed by atoms with Gasteiger partial charge in [-0.15, -0.1) is 0 Å². The van der Waals surface area contributed by atoms with Gasteiger partial charge in [-0.3, -0.25) is 5.10 Å². The molecule has 3 aromatic rings. The first-order valence-electron chi connectivity index (χ1n) is 10.5. The van der Waals surface area contributed by atoms with Crippen molar-refractivity contribution in [2.45, 2.75) is 24.7 Å². The van der Waals surface area contributed by atoms with E-state index in [1.165, 1.54) is 22.3 Å². The smallest absolute Gasteiger partial charge is 0.409 e. The zero-order chi connectivity index (χ0) is 21.4. The SMILES string of the molecule is O=C(O)c1[nH]ncc1C1CCN(C(=O)OCC2c3ccccc3-c3ccccc32)CC1. The third kappa shape index (κ3) is 3.46. The van der Waals surface area contributed by atoms with Crippen LogP contribution in [0.25, 0.3) is 11.1 Å². The summed E-state index contributed by atoms with van der Waals surface area (Å²) in [6, 6.07) is 16.5. The maximum absolute atomic E-state index is 12.7. The van der Waals surface area contributed by atoms with Gasteiger partial charge in [0, 0.05) is 24.6 Å². The number of carboxylic acids is 1. The van der Waals surface area contributed by atoms with Gasteiger partial charge in [0.05, 0.1) is 6.20 Å². The fourth-order valence-electron chi connectivity index (χ4n) is 4.83. The monoisotopic (exact) mass is 417 g/mol. The Kier molecular flexibility index (Phi) is 4.94. The number of carboxylic acid groups (broad SMARTS) is 1. The highest BCUT2D eigenvalue weighted by atomic mass is 16.6. The average Bonchev–Trinajstić information content (AvgIpc) is 3.41. The van der Waals surface area contributed by atoms with Gasteiger partial charge >= 0.3 is 12.1 Å². The number of benzene rings is 2. The molecular weight excluding hydrogens is 394 g/mol. The second kappa shape index (κ2) is 7.91. The summed E-state index contributed by atoms with van der Waals surface area (Å²) in [6.07, 6.45) is 2.64. The molecule has 0 unspecified atom stereocenters. The van der Waals surface area contributed by atoms with Crippen LogP contribution in [-0.2, 0) is 4.74 Å². The summed E-state index contributed by atoms with van der Waals surface area (Å²) in [5, 5.41) is 15.7. The van der Waals surface area contributed by atoms with Gasteiger partial charge in [-0.05, 0) is 41.0 Å². The number of nitrogens with zero attached hydrogens (tertiary/aromatic N) is 2. The van der Waals surface area contributed by atoms with E-state index in [9.17, 15) is 14.7 Å². The molecule has 2 aromatic carbocycles. The number of aromatic amines is 1. The average molecular weight is 417 g/mol. The van der Waals surface area contributed by atoms with Crippen molar-refractivity contribution in [2.75, 3.05) is 19.7 Å². The summed E-state index contributed by atoms with van der Waals surface area (Å²) in [6.45, 7) is 1.37. The van der Waals surface area contributed by atoms with Crippen LogP contribution >= 0.6 is 0 Å². The summed E-state index contributed by atoms with van der Waals surface area (Å²) in [4.78, 5) is 25.8. The van der Waals surface area contributed by atoms with Crippen LogP contribution in [0.3, 0.4) is 0 Å². The summed E-state index contributed by atoms with van der Waals surface area (Å²) >= 11 is 0. The second-order valence-corrected chi connectivity index (χ2v) is 8.07. The Labute approximate surface area is 179 Å². The van der Waals surface area contributed by atoms with Gasteiger partial charge in [0.25, 0.3) is 0 Å². The number of carbonyl (C=O) groups is 2. The van der Waals surface area contributed by atoms with E-state index in [1.54, 1.807) is 11.1 Å². The highest BCUT2D eigenvalue weighted by molar-refractivity contribution is 5.87. The number of carbonyl (C=O) groups excluding carboxylic acids is 1. The Morgan fingerprint density at radius 1 is 1.00 bits per heavy atom. The van der Waals surface area contributed by atoms with Gasteiger partial charge in [0.2, 0.25) is 0 Å². The fraction of sp³-hybridized carbons (Fsp3) is 0.292. The van der Waals surface area contributed by atoms with Crippen molar-refractivity contribution < 1.29 is 19.4 Å². The molecule has 0 atom stereocenters. The minimum Gasteiger partial charge on any atom is -0.477 e. The first kappa shape index (κ1) is 19.4. The zero-order valence-corrected chi connectivity index (χ0v) is 17.0. The van der Waals surface area contributed by atoms with Crippen molar-refractivity contribution in [3.05, 3.63) is 77.1 Å². The van der Waals surface area contributed by atoms with Crippen molar-refractivity contribution in [3.8, 4) is 11.1 Å². The predicted octanol–water partition coefficient (Wildman–Crippen LogP) is 4.24. The molecule has 1 amide bonds. The van der Waals surface area contributed by atoms with E-state index in [4.69, 9.17) is 4.74 Å². The molecule has 2 heterocycles. The number of aromatic carboxylic acids is 1. The maximum atomic E-state index is 12.7. The number of nitrogens with one attached hydrogen (secondary N) is 1. The standard InChI is InChI=1S/C24H23N3O4/c28-23(29)22-20(13-25-26-22)15-9-11-27(12-10-15)24(30)31-14-21-18-7-3-1-5-16(18)17-6-2-4-8-19(17)21/h1-8,13,15,21H,9-12,14H2,(H,25,26)(H,28,29). The lowest BCUT2D eigenvalue weighted by molar-refractivity contribution is 0.0685. The minimum atomic E-state index is -1.01. The Bertz CT molecular complexity index is 1090. The van der Waals surface area contributed by atoms with Crippen LogP contribution < -0.4 is 0 Å². The van der Waals surface area contributed by atoms with Crippen molar-refractivity contribution in [1.29, 1.82) is 0 Å². The highest BCUT2D eigenvalue weighted by Gasteiger charge is 2.31. The molecule has 1 saturated heterocycles. The van der Waals surface area contributed by atoms with Gasteiger partial charge in [0.1, 0.15) is 12.3 Å². The molecule has 2 aliphatic rings. The normalized spacial score (nSPS) is 16.1. The number of piperidine rings is 1. The van der Waals surface area contributed by atoms with Crippen LogP contribution in [0, 0.1) is 0 Å². The van der Waals surface area contributed by atoms with Gasteiger partial charge in [-0.25, -0.2) is 9.59 Å². The van der Waals surface area contributed by atoms with Crippen molar-refractivity contribution in [1.82, 2.24) is 15.1 Å². The van der Waals surface area contributed by atoms with Crippen molar-refractivity contribution in [3.63, 3.8) is 0 Å². The van der Waals surface area contributed by atoms with Crippen molar-refractivity contribution in [2.24, 2.45) is 0 Å². The number of rotatable bonds is 4. The van der Waals surface area contributed by atoms with E-state index in [1.807, 2.05) is 24.3 Å². The molecule has 0 bridgehead atoms. The Morgan fingerprint density at radius 3 is 2.23 bits per heavy atom. The van der Waals surface area contributed by atoms with Crippen LogP contribution in [0.2, 0.25) is 0 Å². The van der Waals surface area contributed by atoms with Crippen LogP contribution in [0.4, 0.5) is 4.79 Å². The molecule has 5 rings (SSSR count). The summed E-state index contributed by atoms with van der Waals surface area (Å²) < 4.78 is 5.74. The molecule has 1 fully saturated rings. The number of hydrogen-bond donors (Lipinski definition) is 2. The topological polar surface area (TPSA) is 95.5 Å². The number of likely N-dealkylation sites (tertiary alicyclic amines) is 1. The highest BCUT2D eigenvalue weighted by Crippen LogP contribution is 2.44.